The highest BCUT2D eigenvalue weighted by Gasteiger charge is 2.07. The van der Waals surface area contributed by atoms with Crippen molar-refractivity contribution < 1.29 is 0 Å². The molecule has 0 bridgehead atoms. The fourth-order valence-corrected chi connectivity index (χ4v) is 1.71. The predicted octanol–water partition coefficient (Wildman–Crippen LogP) is 1.87. The number of benzene rings is 1. The highest BCUT2D eigenvalue weighted by atomic mass is 35.5. The third-order valence-electron chi connectivity index (χ3n) is 1.94. The van der Waals surface area contributed by atoms with Crippen molar-refractivity contribution in [2.45, 2.75) is 0 Å². The van der Waals surface area contributed by atoms with Crippen LogP contribution in [0.2, 0.25) is 10.0 Å². The summed E-state index contributed by atoms with van der Waals surface area (Å²) in [5, 5.41) is 4.18. The van der Waals surface area contributed by atoms with E-state index in [4.69, 9.17) is 23.2 Å². The fourth-order valence-electron chi connectivity index (χ4n) is 1.22. The summed E-state index contributed by atoms with van der Waals surface area (Å²) < 4.78 is 0. The van der Waals surface area contributed by atoms with Crippen molar-refractivity contribution in [3.8, 4) is 0 Å². The minimum atomic E-state index is 0.564. The zero-order valence-corrected chi connectivity index (χ0v) is 9.36. The Morgan fingerprint density at radius 1 is 1.20 bits per heavy atom. The highest BCUT2D eigenvalue weighted by molar-refractivity contribution is 6.39. The number of para-hydroxylation sites is 1. The molecule has 0 atom stereocenters. The van der Waals surface area contributed by atoms with Crippen LogP contribution in [-0.4, -0.2) is 19.0 Å². The van der Waals surface area contributed by atoms with Crippen LogP contribution in [-0.2, 0) is 0 Å². The van der Waals surface area contributed by atoms with E-state index in [1.54, 1.807) is 18.2 Å². The molecule has 6 heteroatoms. The molecule has 1 aromatic rings. The van der Waals surface area contributed by atoms with E-state index in [0.29, 0.717) is 21.7 Å². The van der Waals surface area contributed by atoms with Crippen molar-refractivity contribution in [1.82, 2.24) is 10.7 Å². The number of nitrogens with zero attached hydrogens (tertiary/aromatic N) is 1. The maximum atomic E-state index is 5.97. The molecule has 0 radical (unpaired) electrons. The van der Waals surface area contributed by atoms with Crippen molar-refractivity contribution in [3.05, 3.63) is 28.2 Å². The average molecular weight is 245 g/mol. The molecular formula is C9H10Cl2N4. The fraction of sp³-hybridized carbons (Fsp3) is 0.222. The number of hydrogen-bond donors (Lipinski definition) is 3. The van der Waals surface area contributed by atoms with Crippen molar-refractivity contribution >= 4 is 34.8 Å². The first kappa shape index (κ1) is 10.4. The van der Waals surface area contributed by atoms with E-state index in [1.165, 1.54) is 0 Å². The van der Waals surface area contributed by atoms with E-state index in [9.17, 15) is 0 Å². The molecule has 1 aliphatic heterocycles. The Morgan fingerprint density at radius 2 is 1.93 bits per heavy atom. The van der Waals surface area contributed by atoms with Crippen molar-refractivity contribution in [2.75, 3.05) is 18.5 Å². The topological polar surface area (TPSA) is 48.5 Å². The Bertz CT molecular complexity index is 371. The highest BCUT2D eigenvalue weighted by Crippen LogP contribution is 2.28. The molecule has 1 aliphatic rings. The number of halogens is 2. The van der Waals surface area contributed by atoms with E-state index in [1.807, 2.05) is 0 Å². The molecule has 0 amide bonds. The van der Waals surface area contributed by atoms with Gasteiger partial charge in [0.2, 0.25) is 5.96 Å². The molecule has 0 fully saturated rings. The normalized spacial score (nSPS) is 14.4. The average Bonchev–Trinajstić information content (AvgIpc) is 2.70. The van der Waals surface area contributed by atoms with Crippen LogP contribution in [0.5, 0.6) is 0 Å². The van der Waals surface area contributed by atoms with Gasteiger partial charge in [-0.25, -0.2) is 0 Å². The second-order valence-electron chi connectivity index (χ2n) is 3.00. The Balaban J connectivity index is 2.04. The third-order valence-corrected chi connectivity index (χ3v) is 2.57. The monoisotopic (exact) mass is 244 g/mol. The van der Waals surface area contributed by atoms with E-state index < -0.39 is 0 Å². The number of hydrogen-bond acceptors (Lipinski definition) is 4. The summed E-state index contributed by atoms with van der Waals surface area (Å²) in [6.45, 7) is 1.63. The maximum Gasteiger partial charge on any atom is 0.210 e. The number of rotatable bonds is 2. The number of hydrazine groups is 1. The molecule has 0 unspecified atom stereocenters. The quantitative estimate of drug-likeness (QED) is 0.697. The van der Waals surface area contributed by atoms with E-state index in [-0.39, 0.29) is 0 Å². The van der Waals surface area contributed by atoms with Crippen LogP contribution in [0.4, 0.5) is 5.69 Å². The number of nitrogens with one attached hydrogen (secondary N) is 3. The molecule has 3 N–H and O–H groups in total. The molecular weight excluding hydrogens is 235 g/mol. The van der Waals surface area contributed by atoms with Crippen LogP contribution in [0.1, 0.15) is 0 Å². The second kappa shape index (κ2) is 4.59. The van der Waals surface area contributed by atoms with Gasteiger partial charge in [0.25, 0.3) is 0 Å². The van der Waals surface area contributed by atoms with Crippen LogP contribution in [0.25, 0.3) is 0 Å². The summed E-state index contributed by atoms with van der Waals surface area (Å²) in [6, 6.07) is 5.32. The Labute approximate surface area is 97.6 Å². The lowest BCUT2D eigenvalue weighted by Gasteiger charge is -2.12. The van der Waals surface area contributed by atoms with Gasteiger partial charge in [-0.3, -0.25) is 15.8 Å². The van der Waals surface area contributed by atoms with Gasteiger partial charge in [0.05, 0.1) is 22.3 Å². The van der Waals surface area contributed by atoms with Gasteiger partial charge < -0.3 is 5.32 Å². The maximum absolute atomic E-state index is 5.97. The number of guanidine groups is 1. The van der Waals surface area contributed by atoms with Crippen LogP contribution in [0.3, 0.4) is 0 Å². The van der Waals surface area contributed by atoms with Gasteiger partial charge in [-0.15, -0.1) is 0 Å². The lowest BCUT2D eigenvalue weighted by Crippen LogP contribution is -2.37. The summed E-state index contributed by atoms with van der Waals surface area (Å²) in [4.78, 5) is 4.16. The van der Waals surface area contributed by atoms with Gasteiger partial charge in [-0.1, -0.05) is 29.3 Å². The van der Waals surface area contributed by atoms with Gasteiger partial charge in [-0.05, 0) is 12.1 Å². The Hall–Kier alpha value is -1.13. The first-order valence-electron chi connectivity index (χ1n) is 4.52. The smallest absolute Gasteiger partial charge is 0.210 e. The first-order valence-corrected chi connectivity index (χ1v) is 5.27. The molecule has 0 saturated carbocycles. The SMILES string of the molecule is Clc1cccc(Cl)c1NNC1=NCCN1. The van der Waals surface area contributed by atoms with Crippen molar-refractivity contribution in [2.24, 2.45) is 4.99 Å². The standard InChI is InChI=1S/C9H10Cl2N4/c10-6-2-1-3-7(11)8(6)14-15-9-12-4-5-13-9/h1-3,14H,4-5H2,(H2,12,13,15). The van der Waals surface area contributed by atoms with Crippen LogP contribution in [0.15, 0.2) is 23.2 Å². The third kappa shape index (κ3) is 2.46. The number of anilines is 1. The zero-order chi connectivity index (χ0) is 10.7. The lowest BCUT2D eigenvalue weighted by molar-refractivity contribution is 0.937. The van der Waals surface area contributed by atoms with Crippen LogP contribution >= 0.6 is 23.2 Å². The van der Waals surface area contributed by atoms with E-state index in [2.05, 4.69) is 21.2 Å². The molecule has 2 rings (SSSR count). The van der Waals surface area contributed by atoms with Crippen molar-refractivity contribution in [3.63, 3.8) is 0 Å². The molecule has 0 saturated heterocycles. The molecule has 4 nitrogen and oxygen atoms in total. The summed E-state index contributed by atoms with van der Waals surface area (Å²) in [7, 11) is 0. The van der Waals surface area contributed by atoms with Crippen LogP contribution < -0.4 is 16.2 Å². The summed E-state index contributed by atoms with van der Waals surface area (Å²) >= 11 is 11.9. The number of aliphatic imine (C=N–C) groups is 1. The molecule has 1 aromatic carbocycles. The van der Waals surface area contributed by atoms with Crippen molar-refractivity contribution in [1.29, 1.82) is 0 Å². The molecule has 0 aliphatic carbocycles. The Kier molecular flexibility index (Phi) is 3.18. The van der Waals surface area contributed by atoms with Gasteiger partial charge in [0.1, 0.15) is 0 Å². The molecule has 80 valence electrons. The zero-order valence-electron chi connectivity index (χ0n) is 7.85. The molecule has 0 spiro atoms. The summed E-state index contributed by atoms with van der Waals surface area (Å²) in [5.41, 5.74) is 6.47. The van der Waals surface area contributed by atoms with Gasteiger partial charge in [-0.2, -0.15) is 0 Å². The molecule has 15 heavy (non-hydrogen) atoms. The minimum absolute atomic E-state index is 0.564. The summed E-state index contributed by atoms with van der Waals surface area (Å²) in [6.07, 6.45) is 0. The second-order valence-corrected chi connectivity index (χ2v) is 3.82. The Morgan fingerprint density at radius 3 is 2.53 bits per heavy atom. The van der Waals surface area contributed by atoms with E-state index in [0.717, 1.165) is 13.1 Å². The minimum Gasteiger partial charge on any atom is -0.353 e. The summed E-state index contributed by atoms with van der Waals surface area (Å²) in [5.74, 6) is 0.700. The first-order chi connectivity index (χ1) is 7.27. The predicted molar refractivity (Wildman–Crippen MR) is 63.5 cm³/mol. The van der Waals surface area contributed by atoms with E-state index >= 15 is 0 Å². The van der Waals surface area contributed by atoms with Crippen LogP contribution in [0, 0.1) is 0 Å². The molecule has 1 heterocycles. The molecule has 0 aromatic heterocycles. The van der Waals surface area contributed by atoms with Gasteiger partial charge >= 0.3 is 0 Å². The van der Waals surface area contributed by atoms with Gasteiger partial charge in [0.15, 0.2) is 0 Å². The van der Waals surface area contributed by atoms with Gasteiger partial charge in [0, 0.05) is 6.54 Å². The lowest BCUT2D eigenvalue weighted by atomic mass is 10.3. The largest absolute Gasteiger partial charge is 0.353 e.